The monoisotopic (exact) mass is 374 g/mol. The van der Waals surface area contributed by atoms with Crippen LogP contribution in [0.15, 0.2) is 30.3 Å². The molecule has 0 fully saturated rings. The summed E-state index contributed by atoms with van der Waals surface area (Å²) in [5.41, 5.74) is 1.23. The van der Waals surface area contributed by atoms with Crippen LogP contribution in [0.5, 0.6) is 0 Å². The van der Waals surface area contributed by atoms with Crippen molar-refractivity contribution in [3.63, 3.8) is 0 Å². The van der Waals surface area contributed by atoms with E-state index >= 15 is 0 Å². The Bertz CT molecular complexity index is 842. The van der Waals surface area contributed by atoms with E-state index in [1.165, 1.54) is 16.5 Å². The summed E-state index contributed by atoms with van der Waals surface area (Å²) in [6.45, 7) is 3.39. The fraction of sp³-hybridized carbons (Fsp3) is 0.333. The molecular weight excluding hydrogens is 356 g/mol. The van der Waals surface area contributed by atoms with Gasteiger partial charge in [0, 0.05) is 13.6 Å². The third-order valence-electron chi connectivity index (χ3n) is 3.78. The summed E-state index contributed by atoms with van der Waals surface area (Å²) >= 11 is 6.32. The van der Waals surface area contributed by atoms with Crippen molar-refractivity contribution in [2.75, 3.05) is 13.6 Å². The molecule has 0 bridgehead atoms. The van der Waals surface area contributed by atoms with Gasteiger partial charge in [0.2, 0.25) is 0 Å². The first-order valence-electron chi connectivity index (χ1n) is 8.00. The number of carbonyl (C=O) groups is 2. The number of benzene rings is 1. The Morgan fingerprint density at radius 2 is 2.04 bits per heavy atom. The summed E-state index contributed by atoms with van der Waals surface area (Å²) < 4.78 is 6.70. The quantitative estimate of drug-likeness (QED) is 0.725. The van der Waals surface area contributed by atoms with Crippen LogP contribution in [-0.2, 0) is 9.53 Å². The molecule has 1 amide bonds. The molecule has 0 unspecified atom stereocenters. The lowest BCUT2D eigenvalue weighted by Gasteiger charge is -2.20. The highest BCUT2D eigenvalue weighted by Gasteiger charge is 2.27. The molecule has 136 valence electrons. The summed E-state index contributed by atoms with van der Waals surface area (Å²) in [7, 11) is 1.55. The van der Waals surface area contributed by atoms with Crippen molar-refractivity contribution >= 4 is 23.5 Å². The number of aryl methyl sites for hydroxylation is 1. The molecule has 1 aromatic carbocycles. The van der Waals surface area contributed by atoms with Crippen LogP contribution in [0.1, 0.15) is 29.4 Å². The number of amides is 1. The van der Waals surface area contributed by atoms with Crippen LogP contribution >= 0.6 is 11.6 Å². The molecular formula is C18H19ClN4O3. The zero-order chi connectivity index (χ0) is 19.3. The van der Waals surface area contributed by atoms with Crippen LogP contribution in [0.25, 0.3) is 5.69 Å². The van der Waals surface area contributed by atoms with E-state index in [-0.39, 0.29) is 23.7 Å². The van der Waals surface area contributed by atoms with E-state index in [0.717, 1.165) is 0 Å². The van der Waals surface area contributed by atoms with Crippen molar-refractivity contribution in [3.05, 3.63) is 46.7 Å². The van der Waals surface area contributed by atoms with Gasteiger partial charge in [0.25, 0.3) is 5.91 Å². The minimum Gasteiger partial charge on any atom is -0.449 e. The highest BCUT2D eigenvalue weighted by atomic mass is 35.5. The molecule has 1 heterocycles. The van der Waals surface area contributed by atoms with Crippen molar-refractivity contribution in [1.82, 2.24) is 14.7 Å². The fourth-order valence-corrected chi connectivity index (χ4v) is 2.73. The maximum atomic E-state index is 12.5. The minimum atomic E-state index is -0.998. The van der Waals surface area contributed by atoms with Crippen LogP contribution in [0.3, 0.4) is 0 Å². The van der Waals surface area contributed by atoms with E-state index < -0.39 is 18.0 Å². The summed E-state index contributed by atoms with van der Waals surface area (Å²) in [6, 6.07) is 11.1. The van der Waals surface area contributed by atoms with Crippen molar-refractivity contribution < 1.29 is 14.3 Å². The summed E-state index contributed by atoms with van der Waals surface area (Å²) in [5, 5.41) is 13.0. The summed E-state index contributed by atoms with van der Waals surface area (Å²) in [5.74, 6) is -1.11. The number of nitrogens with zero attached hydrogens (tertiary/aromatic N) is 4. The summed E-state index contributed by atoms with van der Waals surface area (Å²) in [4.78, 5) is 26.0. The van der Waals surface area contributed by atoms with Gasteiger partial charge in [0.05, 0.1) is 23.9 Å². The fourth-order valence-electron chi connectivity index (χ4n) is 2.38. The summed E-state index contributed by atoms with van der Waals surface area (Å²) in [6.07, 6.45) is -0.792. The molecule has 7 nitrogen and oxygen atoms in total. The maximum Gasteiger partial charge on any atom is 0.344 e. The van der Waals surface area contributed by atoms with Gasteiger partial charge in [0.1, 0.15) is 10.7 Å². The zero-order valence-corrected chi connectivity index (χ0v) is 15.5. The number of hydrogen-bond donors (Lipinski definition) is 0. The van der Waals surface area contributed by atoms with Crippen molar-refractivity contribution in [2.45, 2.75) is 26.4 Å². The number of carbonyl (C=O) groups excluding carboxylic acids is 2. The second-order valence-electron chi connectivity index (χ2n) is 5.71. The normalized spacial score (nSPS) is 11.5. The van der Waals surface area contributed by atoms with E-state index in [0.29, 0.717) is 11.4 Å². The Kier molecular flexibility index (Phi) is 6.36. The Morgan fingerprint density at radius 3 is 2.65 bits per heavy atom. The molecule has 2 aromatic rings. The Balaban J connectivity index is 2.17. The number of hydrogen-bond acceptors (Lipinski definition) is 5. The molecule has 0 radical (unpaired) electrons. The van der Waals surface area contributed by atoms with Gasteiger partial charge in [-0.05, 0) is 26.0 Å². The smallest absolute Gasteiger partial charge is 0.344 e. The van der Waals surface area contributed by atoms with Gasteiger partial charge in [-0.15, -0.1) is 0 Å². The van der Waals surface area contributed by atoms with Crippen LogP contribution < -0.4 is 0 Å². The van der Waals surface area contributed by atoms with E-state index in [1.807, 2.05) is 36.4 Å². The molecule has 26 heavy (non-hydrogen) atoms. The molecule has 2 rings (SSSR count). The van der Waals surface area contributed by atoms with Crippen LogP contribution in [-0.4, -0.2) is 46.3 Å². The number of nitriles is 1. The highest BCUT2D eigenvalue weighted by molar-refractivity contribution is 6.33. The molecule has 0 spiro atoms. The van der Waals surface area contributed by atoms with E-state index in [2.05, 4.69) is 5.10 Å². The van der Waals surface area contributed by atoms with Crippen LogP contribution in [0, 0.1) is 18.3 Å². The average molecular weight is 375 g/mol. The number of halogens is 1. The van der Waals surface area contributed by atoms with Crippen molar-refractivity contribution in [2.24, 2.45) is 0 Å². The van der Waals surface area contributed by atoms with Gasteiger partial charge in [-0.1, -0.05) is 29.8 Å². The molecule has 1 aromatic heterocycles. The Morgan fingerprint density at radius 1 is 1.38 bits per heavy atom. The Hall–Kier alpha value is -2.85. The Labute approximate surface area is 156 Å². The van der Waals surface area contributed by atoms with Crippen molar-refractivity contribution in [3.8, 4) is 11.8 Å². The molecule has 0 saturated carbocycles. The minimum absolute atomic E-state index is 0.120. The van der Waals surface area contributed by atoms with Crippen LogP contribution in [0.4, 0.5) is 0 Å². The lowest BCUT2D eigenvalue weighted by Crippen LogP contribution is -2.38. The first-order valence-corrected chi connectivity index (χ1v) is 8.38. The topological polar surface area (TPSA) is 88.2 Å². The lowest BCUT2D eigenvalue weighted by molar-refractivity contribution is -0.138. The number of para-hydroxylation sites is 1. The van der Waals surface area contributed by atoms with Gasteiger partial charge >= 0.3 is 5.97 Å². The molecule has 0 aliphatic carbocycles. The standard InChI is InChI=1S/C18H19ClN4O3/c1-12-15(16(19)23(21-12)14-8-5-4-6-9-14)18(25)26-13(2)17(24)22(3)11-7-10-20/h4-6,8-9,13H,7,11H2,1-3H3/t13-/m1/s1. The molecule has 8 heteroatoms. The zero-order valence-electron chi connectivity index (χ0n) is 14.8. The molecule has 0 aliphatic heterocycles. The number of ether oxygens (including phenoxy) is 1. The van der Waals surface area contributed by atoms with E-state index in [9.17, 15) is 9.59 Å². The first-order chi connectivity index (χ1) is 12.4. The largest absolute Gasteiger partial charge is 0.449 e. The van der Waals surface area contributed by atoms with Crippen molar-refractivity contribution in [1.29, 1.82) is 5.26 Å². The number of esters is 1. The average Bonchev–Trinajstić information content (AvgIpc) is 2.93. The van der Waals surface area contributed by atoms with Gasteiger partial charge in [0.15, 0.2) is 6.10 Å². The van der Waals surface area contributed by atoms with E-state index in [4.69, 9.17) is 21.6 Å². The second kappa shape index (κ2) is 8.50. The molecule has 0 aliphatic rings. The second-order valence-corrected chi connectivity index (χ2v) is 6.07. The third kappa shape index (κ3) is 4.21. The molecule has 1 atom stereocenters. The lowest BCUT2D eigenvalue weighted by atomic mass is 10.2. The van der Waals surface area contributed by atoms with Gasteiger partial charge in [-0.3, -0.25) is 4.79 Å². The maximum absolute atomic E-state index is 12.5. The highest BCUT2D eigenvalue weighted by Crippen LogP contribution is 2.24. The first kappa shape index (κ1) is 19.5. The predicted molar refractivity (Wildman–Crippen MR) is 96.1 cm³/mol. The third-order valence-corrected chi connectivity index (χ3v) is 4.12. The molecule has 0 saturated heterocycles. The predicted octanol–water partition coefficient (Wildman–Crippen LogP) is 2.75. The number of likely N-dealkylation sites (N-methyl/N-ethyl adjacent to an activating group) is 1. The molecule has 0 N–H and O–H groups in total. The van der Waals surface area contributed by atoms with Gasteiger partial charge in [-0.2, -0.15) is 10.4 Å². The van der Waals surface area contributed by atoms with Gasteiger partial charge < -0.3 is 9.64 Å². The number of aromatic nitrogens is 2. The van der Waals surface area contributed by atoms with E-state index in [1.54, 1.807) is 14.0 Å². The SMILES string of the molecule is Cc1nn(-c2ccccc2)c(Cl)c1C(=O)O[C@H](C)C(=O)N(C)CCC#N. The number of rotatable bonds is 6. The van der Waals surface area contributed by atoms with Crippen LogP contribution in [0.2, 0.25) is 5.15 Å². The van der Waals surface area contributed by atoms with Gasteiger partial charge in [-0.25, -0.2) is 9.48 Å².